The highest BCUT2D eigenvalue weighted by Crippen LogP contribution is 2.32. The highest BCUT2D eigenvalue weighted by molar-refractivity contribution is 6.30. The second-order valence-corrected chi connectivity index (χ2v) is 5.12. The fourth-order valence-corrected chi connectivity index (χ4v) is 2.44. The minimum atomic E-state index is -4.34. The lowest BCUT2D eigenvalue weighted by atomic mass is 10.1. The molecule has 0 spiro atoms. The predicted octanol–water partition coefficient (Wildman–Crippen LogP) is 2.81. The van der Waals surface area contributed by atoms with E-state index >= 15 is 0 Å². The van der Waals surface area contributed by atoms with Crippen molar-refractivity contribution >= 4 is 11.6 Å². The van der Waals surface area contributed by atoms with Crippen molar-refractivity contribution in [2.75, 3.05) is 32.7 Å². The number of piperazine rings is 1. The van der Waals surface area contributed by atoms with Gasteiger partial charge in [-0.1, -0.05) is 11.6 Å². The van der Waals surface area contributed by atoms with Gasteiger partial charge >= 0.3 is 6.18 Å². The largest absolute Gasteiger partial charge is 0.416 e. The summed E-state index contributed by atoms with van der Waals surface area (Å²) in [5.74, 6) is 0. The zero-order valence-electron chi connectivity index (χ0n) is 10.4. The van der Waals surface area contributed by atoms with Crippen molar-refractivity contribution in [1.82, 2.24) is 10.2 Å². The maximum atomic E-state index is 12.7. The van der Waals surface area contributed by atoms with Crippen LogP contribution in [0.4, 0.5) is 13.2 Å². The van der Waals surface area contributed by atoms with E-state index < -0.39 is 11.7 Å². The number of rotatable bonds is 3. The first-order valence-electron chi connectivity index (χ1n) is 6.25. The van der Waals surface area contributed by atoms with Crippen LogP contribution in [0.5, 0.6) is 0 Å². The Morgan fingerprint density at radius 2 is 1.84 bits per heavy atom. The van der Waals surface area contributed by atoms with Crippen LogP contribution in [-0.2, 0) is 12.6 Å². The lowest BCUT2D eigenvalue weighted by molar-refractivity contribution is -0.137. The van der Waals surface area contributed by atoms with Crippen LogP contribution >= 0.6 is 11.6 Å². The molecule has 1 fully saturated rings. The summed E-state index contributed by atoms with van der Waals surface area (Å²) in [7, 11) is 0. The van der Waals surface area contributed by atoms with E-state index in [-0.39, 0.29) is 5.02 Å². The average Bonchev–Trinajstić information content (AvgIpc) is 2.36. The van der Waals surface area contributed by atoms with Gasteiger partial charge in [-0.2, -0.15) is 13.2 Å². The Morgan fingerprint density at radius 1 is 1.16 bits per heavy atom. The number of nitrogens with one attached hydrogen (secondary N) is 1. The maximum Gasteiger partial charge on any atom is 0.416 e. The van der Waals surface area contributed by atoms with Gasteiger partial charge in [-0.25, -0.2) is 0 Å². The van der Waals surface area contributed by atoms with Crippen molar-refractivity contribution in [3.8, 4) is 0 Å². The molecule has 1 N–H and O–H groups in total. The molecule has 0 unspecified atom stereocenters. The molecule has 19 heavy (non-hydrogen) atoms. The second-order valence-electron chi connectivity index (χ2n) is 4.69. The van der Waals surface area contributed by atoms with Crippen molar-refractivity contribution in [2.45, 2.75) is 12.6 Å². The van der Waals surface area contributed by atoms with E-state index in [1.54, 1.807) is 6.07 Å². The van der Waals surface area contributed by atoms with Gasteiger partial charge in [-0.05, 0) is 30.2 Å². The topological polar surface area (TPSA) is 15.3 Å². The van der Waals surface area contributed by atoms with E-state index in [1.807, 2.05) is 0 Å². The van der Waals surface area contributed by atoms with Gasteiger partial charge in [-0.3, -0.25) is 0 Å². The number of hydrogen-bond acceptors (Lipinski definition) is 2. The van der Waals surface area contributed by atoms with Crippen molar-refractivity contribution < 1.29 is 13.2 Å². The normalized spacial score (nSPS) is 17.7. The number of nitrogens with zero attached hydrogens (tertiary/aromatic N) is 1. The molecule has 1 aliphatic heterocycles. The lowest BCUT2D eigenvalue weighted by Gasteiger charge is -2.27. The number of benzene rings is 1. The Bertz CT molecular complexity index is 428. The third kappa shape index (κ3) is 4.37. The third-order valence-electron chi connectivity index (χ3n) is 3.21. The Hall–Kier alpha value is -0.780. The van der Waals surface area contributed by atoms with Crippen LogP contribution in [0.3, 0.4) is 0 Å². The quantitative estimate of drug-likeness (QED) is 0.921. The molecule has 106 valence electrons. The summed E-state index contributed by atoms with van der Waals surface area (Å²) >= 11 is 5.75. The van der Waals surface area contributed by atoms with Gasteiger partial charge in [0.25, 0.3) is 0 Å². The van der Waals surface area contributed by atoms with Crippen LogP contribution in [0.25, 0.3) is 0 Å². The van der Waals surface area contributed by atoms with Gasteiger partial charge in [0.15, 0.2) is 0 Å². The van der Waals surface area contributed by atoms with E-state index in [4.69, 9.17) is 11.6 Å². The standard InChI is InChI=1S/C13H16ClF3N2/c14-12-8-10(7-11(9-12)13(15,16)17)1-4-19-5-2-18-3-6-19/h7-9,18H,1-6H2. The predicted molar refractivity (Wildman–Crippen MR) is 69.5 cm³/mol. The third-order valence-corrected chi connectivity index (χ3v) is 3.43. The van der Waals surface area contributed by atoms with Gasteiger partial charge in [0.1, 0.15) is 0 Å². The molecule has 6 heteroatoms. The summed E-state index contributed by atoms with van der Waals surface area (Å²) in [6.45, 7) is 4.51. The molecular formula is C13H16ClF3N2. The molecule has 0 atom stereocenters. The summed E-state index contributed by atoms with van der Waals surface area (Å²) in [5, 5.41) is 3.38. The second kappa shape index (κ2) is 6.11. The molecule has 1 aliphatic rings. The first-order chi connectivity index (χ1) is 8.95. The zero-order valence-corrected chi connectivity index (χ0v) is 11.2. The Balaban J connectivity index is 2.01. The fraction of sp³-hybridized carbons (Fsp3) is 0.538. The van der Waals surface area contributed by atoms with Crippen LogP contribution in [0.2, 0.25) is 5.02 Å². The molecule has 2 rings (SSSR count). The van der Waals surface area contributed by atoms with Crippen LogP contribution < -0.4 is 5.32 Å². The molecular weight excluding hydrogens is 277 g/mol. The molecule has 0 saturated carbocycles. The van der Waals surface area contributed by atoms with Crippen LogP contribution in [-0.4, -0.2) is 37.6 Å². The van der Waals surface area contributed by atoms with E-state index in [2.05, 4.69) is 10.2 Å². The monoisotopic (exact) mass is 292 g/mol. The highest BCUT2D eigenvalue weighted by atomic mass is 35.5. The van der Waals surface area contributed by atoms with Crippen LogP contribution in [0.1, 0.15) is 11.1 Å². The average molecular weight is 293 g/mol. The van der Waals surface area contributed by atoms with Gasteiger partial charge in [0, 0.05) is 37.7 Å². The minimum absolute atomic E-state index is 0.144. The fourth-order valence-electron chi connectivity index (χ4n) is 2.18. The molecule has 0 bridgehead atoms. The van der Waals surface area contributed by atoms with Crippen LogP contribution in [0, 0.1) is 0 Å². The summed E-state index contributed by atoms with van der Waals surface area (Å²) in [6.07, 6.45) is -3.75. The van der Waals surface area contributed by atoms with E-state index in [0.717, 1.165) is 38.8 Å². The molecule has 0 aliphatic carbocycles. The minimum Gasteiger partial charge on any atom is -0.314 e. The van der Waals surface area contributed by atoms with E-state index in [0.29, 0.717) is 12.0 Å². The summed E-state index contributed by atoms with van der Waals surface area (Å²) in [4.78, 5) is 2.24. The smallest absolute Gasteiger partial charge is 0.314 e. The Morgan fingerprint density at radius 3 is 2.47 bits per heavy atom. The number of halogens is 4. The molecule has 1 aromatic carbocycles. The SMILES string of the molecule is FC(F)(F)c1cc(Cl)cc(CCN2CCNCC2)c1. The first kappa shape index (κ1) is 14.6. The van der Waals surface area contributed by atoms with Crippen molar-refractivity contribution in [2.24, 2.45) is 0 Å². The Labute approximate surface area is 115 Å². The van der Waals surface area contributed by atoms with Crippen molar-refractivity contribution in [1.29, 1.82) is 0 Å². The maximum absolute atomic E-state index is 12.7. The Kier molecular flexibility index (Phi) is 4.71. The summed E-state index contributed by atoms with van der Waals surface area (Å²) in [6, 6.07) is 3.77. The molecule has 1 heterocycles. The van der Waals surface area contributed by atoms with E-state index in [9.17, 15) is 13.2 Å². The van der Waals surface area contributed by atoms with E-state index in [1.165, 1.54) is 6.07 Å². The molecule has 1 aromatic rings. The van der Waals surface area contributed by atoms with Gasteiger partial charge in [0.2, 0.25) is 0 Å². The van der Waals surface area contributed by atoms with Gasteiger partial charge in [0.05, 0.1) is 5.56 Å². The molecule has 0 radical (unpaired) electrons. The summed E-state index contributed by atoms with van der Waals surface area (Å²) < 4.78 is 38.0. The van der Waals surface area contributed by atoms with Crippen molar-refractivity contribution in [3.63, 3.8) is 0 Å². The first-order valence-corrected chi connectivity index (χ1v) is 6.63. The number of hydrogen-bond donors (Lipinski definition) is 1. The number of alkyl halides is 3. The highest BCUT2D eigenvalue weighted by Gasteiger charge is 2.31. The lowest BCUT2D eigenvalue weighted by Crippen LogP contribution is -2.44. The molecule has 0 amide bonds. The summed E-state index contributed by atoms with van der Waals surface area (Å²) in [5.41, 5.74) is -0.0336. The van der Waals surface area contributed by atoms with Crippen molar-refractivity contribution in [3.05, 3.63) is 34.3 Å². The van der Waals surface area contributed by atoms with Crippen LogP contribution in [0.15, 0.2) is 18.2 Å². The molecule has 2 nitrogen and oxygen atoms in total. The molecule has 1 saturated heterocycles. The van der Waals surface area contributed by atoms with Gasteiger partial charge < -0.3 is 10.2 Å². The zero-order chi connectivity index (χ0) is 13.9. The molecule has 0 aromatic heterocycles. The van der Waals surface area contributed by atoms with Gasteiger partial charge in [-0.15, -0.1) is 0 Å².